The minimum absolute atomic E-state index is 0.0564. The van der Waals surface area contributed by atoms with E-state index in [1.54, 1.807) is 17.3 Å². The van der Waals surface area contributed by atoms with E-state index < -0.39 is 0 Å². The fourth-order valence-electron chi connectivity index (χ4n) is 3.42. The van der Waals surface area contributed by atoms with E-state index in [0.29, 0.717) is 19.8 Å². The van der Waals surface area contributed by atoms with E-state index >= 15 is 0 Å². The lowest BCUT2D eigenvalue weighted by atomic mass is 10.1. The topological polar surface area (TPSA) is 58.6 Å². The molecule has 1 atom stereocenters. The van der Waals surface area contributed by atoms with Gasteiger partial charge in [-0.2, -0.15) is 0 Å². The van der Waals surface area contributed by atoms with Crippen LogP contribution in [0.4, 0.5) is 0 Å². The number of carbonyl (C=O) groups is 1. The van der Waals surface area contributed by atoms with Crippen molar-refractivity contribution >= 4 is 5.91 Å². The Morgan fingerprint density at radius 2 is 2.08 bits per heavy atom. The highest BCUT2D eigenvalue weighted by molar-refractivity contribution is 5.83. The normalized spacial score (nSPS) is 16.3. The third-order valence-electron chi connectivity index (χ3n) is 4.57. The summed E-state index contributed by atoms with van der Waals surface area (Å²) in [5.74, 6) is 0.0564. The Hall–Kier alpha value is -2.31. The Morgan fingerprint density at radius 1 is 1.31 bits per heavy atom. The van der Waals surface area contributed by atoms with Crippen LogP contribution in [-0.4, -0.2) is 59.0 Å². The van der Waals surface area contributed by atoms with E-state index in [1.165, 1.54) is 0 Å². The van der Waals surface area contributed by atoms with Gasteiger partial charge in [0, 0.05) is 38.2 Å². The van der Waals surface area contributed by atoms with Crippen molar-refractivity contribution < 1.29 is 9.53 Å². The standard InChI is InChI=1S/C20H26N4O2/c1-15-11-16(2)22-18(12-15)14-23(3)20(25)19(17-5-4-6-21-13-17)24-7-9-26-10-8-24/h4-6,11-13,19H,7-10,14H2,1-3H3/t19-/m0/s1. The molecule has 0 spiro atoms. The number of likely N-dealkylation sites (N-methyl/N-ethyl adjacent to an activating group) is 1. The van der Waals surface area contributed by atoms with Crippen molar-refractivity contribution in [3.8, 4) is 0 Å². The van der Waals surface area contributed by atoms with Crippen LogP contribution in [0.15, 0.2) is 36.7 Å². The minimum atomic E-state index is -0.344. The molecule has 0 saturated carbocycles. The van der Waals surface area contributed by atoms with Gasteiger partial charge in [-0.05, 0) is 43.2 Å². The van der Waals surface area contributed by atoms with Gasteiger partial charge < -0.3 is 9.64 Å². The van der Waals surface area contributed by atoms with Crippen LogP contribution in [0.2, 0.25) is 0 Å². The monoisotopic (exact) mass is 354 g/mol. The second-order valence-electron chi connectivity index (χ2n) is 6.81. The molecular formula is C20H26N4O2. The van der Waals surface area contributed by atoms with E-state index in [9.17, 15) is 4.79 Å². The average Bonchev–Trinajstić information content (AvgIpc) is 2.63. The summed E-state index contributed by atoms with van der Waals surface area (Å²) < 4.78 is 5.46. The summed E-state index contributed by atoms with van der Waals surface area (Å²) in [4.78, 5) is 26.0. The Morgan fingerprint density at radius 3 is 2.73 bits per heavy atom. The molecule has 1 fully saturated rings. The van der Waals surface area contributed by atoms with Crippen molar-refractivity contribution in [3.63, 3.8) is 0 Å². The summed E-state index contributed by atoms with van der Waals surface area (Å²) in [5, 5.41) is 0. The quantitative estimate of drug-likeness (QED) is 0.823. The number of amides is 1. The number of pyridine rings is 2. The van der Waals surface area contributed by atoms with E-state index in [-0.39, 0.29) is 11.9 Å². The number of carbonyl (C=O) groups excluding carboxylic acids is 1. The van der Waals surface area contributed by atoms with Gasteiger partial charge in [0.1, 0.15) is 6.04 Å². The molecule has 0 unspecified atom stereocenters. The highest BCUT2D eigenvalue weighted by Gasteiger charge is 2.31. The van der Waals surface area contributed by atoms with Crippen molar-refractivity contribution in [2.75, 3.05) is 33.4 Å². The van der Waals surface area contributed by atoms with Gasteiger partial charge in [0.15, 0.2) is 0 Å². The van der Waals surface area contributed by atoms with Crippen LogP contribution in [0.3, 0.4) is 0 Å². The largest absolute Gasteiger partial charge is 0.379 e. The number of aromatic nitrogens is 2. The van der Waals surface area contributed by atoms with E-state index in [4.69, 9.17) is 4.74 Å². The van der Waals surface area contributed by atoms with Crippen LogP contribution < -0.4 is 0 Å². The summed E-state index contributed by atoms with van der Waals surface area (Å²) in [7, 11) is 1.84. The molecule has 0 aromatic carbocycles. The lowest BCUT2D eigenvalue weighted by molar-refractivity contribution is -0.138. The highest BCUT2D eigenvalue weighted by Crippen LogP contribution is 2.24. The number of ether oxygens (including phenoxy) is 1. The van der Waals surface area contributed by atoms with Crippen LogP contribution in [0, 0.1) is 13.8 Å². The molecule has 2 aromatic heterocycles. The lowest BCUT2D eigenvalue weighted by Crippen LogP contribution is -2.46. The van der Waals surface area contributed by atoms with Gasteiger partial charge in [-0.3, -0.25) is 19.7 Å². The van der Waals surface area contributed by atoms with Crippen LogP contribution in [0.5, 0.6) is 0 Å². The molecule has 1 amide bonds. The molecule has 1 saturated heterocycles. The van der Waals surface area contributed by atoms with Gasteiger partial charge >= 0.3 is 0 Å². The molecule has 0 bridgehead atoms. The highest BCUT2D eigenvalue weighted by atomic mass is 16.5. The molecule has 6 heteroatoms. The Balaban J connectivity index is 1.81. The number of aryl methyl sites for hydroxylation is 2. The Labute approximate surface area is 154 Å². The van der Waals surface area contributed by atoms with E-state index in [1.807, 2.05) is 45.2 Å². The number of rotatable bonds is 5. The smallest absolute Gasteiger partial charge is 0.244 e. The molecule has 0 aliphatic carbocycles. The van der Waals surface area contributed by atoms with E-state index in [2.05, 4.69) is 14.9 Å². The molecule has 1 aliphatic rings. The predicted molar refractivity (Wildman–Crippen MR) is 99.6 cm³/mol. The minimum Gasteiger partial charge on any atom is -0.379 e. The van der Waals surface area contributed by atoms with Gasteiger partial charge in [0.05, 0.1) is 25.5 Å². The maximum Gasteiger partial charge on any atom is 0.244 e. The first-order valence-electron chi connectivity index (χ1n) is 8.95. The number of nitrogens with zero attached hydrogens (tertiary/aromatic N) is 4. The first-order chi connectivity index (χ1) is 12.5. The van der Waals surface area contributed by atoms with Crippen molar-refractivity contribution in [1.29, 1.82) is 0 Å². The molecular weight excluding hydrogens is 328 g/mol. The maximum atomic E-state index is 13.3. The van der Waals surface area contributed by atoms with Crippen LogP contribution in [-0.2, 0) is 16.1 Å². The molecule has 2 aromatic rings. The summed E-state index contributed by atoms with van der Waals surface area (Å²) in [6.45, 7) is 7.28. The summed E-state index contributed by atoms with van der Waals surface area (Å²) >= 11 is 0. The number of hydrogen-bond acceptors (Lipinski definition) is 5. The Bertz CT molecular complexity index is 724. The fourth-order valence-corrected chi connectivity index (χ4v) is 3.42. The van der Waals surface area contributed by atoms with Gasteiger partial charge in [-0.15, -0.1) is 0 Å². The zero-order valence-corrected chi connectivity index (χ0v) is 15.7. The first-order valence-corrected chi connectivity index (χ1v) is 8.95. The van der Waals surface area contributed by atoms with Crippen molar-refractivity contribution in [1.82, 2.24) is 19.8 Å². The zero-order valence-electron chi connectivity index (χ0n) is 15.7. The van der Waals surface area contributed by atoms with Crippen LogP contribution in [0.1, 0.15) is 28.6 Å². The molecule has 26 heavy (non-hydrogen) atoms. The molecule has 3 rings (SSSR count). The number of morpholine rings is 1. The van der Waals surface area contributed by atoms with Crippen molar-refractivity contribution in [3.05, 3.63) is 59.2 Å². The summed E-state index contributed by atoms with van der Waals surface area (Å²) in [6.07, 6.45) is 3.51. The third kappa shape index (κ3) is 4.45. The second-order valence-corrected chi connectivity index (χ2v) is 6.81. The SMILES string of the molecule is Cc1cc(C)nc(CN(C)C(=O)[C@H](c2cccnc2)N2CCOCC2)c1. The molecule has 0 N–H and O–H groups in total. The molecule has 3 heterocycles. The Kier molecular flexibility index (Phi) is 5.96. The average molecular weight is 354 g/mol. The van der Waals surface area contributed by atoms with Crippen LogP contribution >= 0.6 is 0 Å². The fraction of sp³-hybridized carbons (Fsp3) is 0.450. The van der Waals surface area contributed by atoms with Gasteiger partial charge in [-0.25, -0.2) is 0 Å². The first kappa shape index (κ1) is 18.5. The van der Waals surface area contributed by atoms with Crippen molar-refractivity contribution in [2.24, 2.45) is 0 Å². The van der Waals surface area contributed by atoms with Crippen LogP contribution in [0.25, 0.3) is 0 Å². The van der Waals surface area contributed by atoms with E-state index in [0.717, 1.165) is 35.6 Å². The third-order valence-corrected chi connectivity index (χ3v) is 4.57. The molecule has 1 aliphatic heterocycles. The summed E-state index contributed by atoms with van der Waals surface area (Å²) in [6, 6.07) is 7.57. The predicted octanol–water partition coefficient (Wildman–Crippen LogP) is 2.13. The van der Waals surface area contributed by atoms with Crippen molar-refractivity contribution in [2.45, 2.75) is 26.4 Å². The lowest BCUT2D eigenvalue weighted by Gasteiger charge is -2.35. The number of hydrogen-bond donors (Lipinski definition) is 0. The molecule has 6 nitrogen and oxygen atoms in total. The summed E-state index contributed by atoms with van der Waals surface area (Å²) in [5.41, 5.74) is 3.95. The molecule has 138 valence electrons. The maximum absolute atomic E-state index is 13.3. The zero-order chi connectivity index (χ0) is 18.5. The van der Waals surface area contributed by atoms with Gasteiger partial charge in [0.25, 0.3) is 0 Å². The molecule has 0 radical (unpaired) electrons. The van der Waals surface area contributed by atoms with Gasteiger partial charge in [0.2, 0.25) is 5.91 Å². The second kappa shape index (κ2) is 8.38. The van der Waals surface area contributed by atoms with Gasteiger partial charge in [-0.1, -0.05) is 6.07 Å².